The number of fused-ring (bicyclic) bond motifs is 1. The lowest BCUT2D eigenvalue weighted by atomic mass is 10.2. The molecule has 7 heteroatoms. The number of benzene rings is 1. The Kier molecular flexibility index (Phi) is 3.77. The molecule has 0 radical (unpaired) electrons. The van der Waals surface area contributed by atoms with Gasteiger partial charge in [-0.1, -0.05) is 26.0 Å². The first-order valence-electron chi connectivity index (χ1n) is 6.06. The molecule has 19 heavy (non-hydrogen) atoms. The predicted octanol–water partition coefficient (Wildman–Crippen LogP) is 0.936. The number of anilines is 2. The maximum atomic E-state index is 12.2. The van der Waals surface area contributed by atoms with E-state index < -0.39 is 10.2 Å². The highest BCUT2D eigenvalue weighted by Crippen LogP contribution is 2.30. The van der Waals surface area contributed by atoms with E-state index >= 15 is 0 Å². The number of para-hydroxylation sites is 2. The Morgan fingerprint density at radius 1 is 1.37 bits per heavy atom. The first-order valence-corrected chi connectivity index (χ1v) is 7.50. The summed E-state index contributed by atoms with van der Waals surface area (Å²) < 4.78 is 28.1. The highest BCUT2D eigenvalue weighted by Gasteiger charge is 2.30. The molecule has 1 aliphatic heterocycles. The van der Waals surface area contributed by atoms with Crippen LogP contribution in [-0.2, 0) is 15.0 Å². The van der Waals surface area contributed by atoms with Gasteiger partial charge in [0.15, 0.2) is 0 Å². The van der Waals surface area contributed by atoms with Gasteiger partial charge in [-0.25, -0.2) is 4.31 Å². The molecule has 6 nitrogen and oxygen atoms in total. The molecule has 2 rings (SSSR count). The summed E-state index contributed by atoms with van der Waals surface area (Å²) in [5, 5.41) is 2.65. The monoisotopic (exact) mass is 283 g/mol. The molecule has 0 saturated carbocycles. The van der Waals surface area contributed by atoms with Gasteiger partial charge in [0.1, 0.15) is 6.54 Å². The Bertz CT molecular complexity index is 584. The zero-order chi connectivity index (χ0) is 14.0. The zero-order valence-electron chi connectivity index (χ0n) is 10.9. The van der Waals surface area contributed by atoms with Crippen molar-refractivity contribution in [2.24, 2.45) is 5.92 Å². The summed E-state index contributed by atoms with van der Waals surface area (Å²) in [5.74, 6) is -0.141. The van der Waals surface area contributed by atoms with E-state index in [2.05, 4.69) is 10.0 Å². The van der Waals surface area contributed by atoms with Gasteiger partial charge in [0.2, 0.25) is 5.91 Å². The molecule has 1 heterocycles. The lowest BCUT2D eigenvalue weighted by Gasteiger charge is -2.30. The van der Waals surface area contributed by atoms with Crippen LogP contribution in [0.1, 0.15) is 13.8 Å². The Morgan fingerprint density at radius 2 is 2.05 bits per heavy atom. The molecule has 0 spiro atoms. The molecule has 1 amide bonds. The van der Waals surface area contributed by atoms with Gasteiger partial charge in [0, 0.05) is 6.54 Å². The third-order valence-electron chi connectivity index (χ3n) is 2.70. The van der Waals surface area contributed by atoms with Crippen LogP contribution in [0.15, 0.2) is 24.3 Å². The first-order chi connectivity index (χ1) is 8.90. The second kappa shape index (κ2) is 5.18. The van der Waals surface area contributed by atoms with Crippen LogP contribution in [0.4, 0.5) is 11.4 Å². The molecule has 104 valence electrons. The molecule has 0 aliphatic carbocycles. The van der Waals surface area contributed by atoms with E-state index in [4.69, 9.17) is 0 Å². The Morgan fingerprint density at radius 3 is 2.74 bits per heavy atom. The van der Waals surface area contributed by atoms with Gasteiger partial charge in [-0.2, -0.15) is 13.1 Å². The Labute approximate surface area is 113 Å². The van der Waals surface area contributed by atoms with Crippen LogP contribution in [0.3, 0.4) is 0 Å². The van der Waals surface area contributed by atoms with Crippen molar-refractivity contribution < 1.29 is 13.2 Å². The molecule has 0 aromatic heterocycles. The summed E-state index contributed by atoms with van der Waals surface area (Å²) in [5.41, 5.74) is 0.993. The van der Waals surface area contributed by atoms with Crippen LogP contribution >= 0.6 is 0 Å². The summed E-state index contributed by atoms with van der Waals surface area (Å²) in [7, 11) is -3.70. The van der Waals surface area contributed by atoms with E-state index in [9.17, 15) is 13.2 Å². The molecule has 1 aromatic carbocycles. The van der Waals surface area contributed by atoms with Crippen LogP contribution in [0.5, 0.6) is 0 Å². The van der Waals surface area contributed by atoms with Crippen LogP contribution in [0, 0.1) is 5.92 Å². The number of carbonyl (C=O) groups excluding carboxylic acids is 1. The highest BCUT2D eigenvalue weighted by molar-refractivity contribution is 7.91. The summed E-state index contributed by atoms with van der Waals surface area (Å²) in [6, 6.07) is 6.83. The van der Waals surface area contributed by atoms with Gasteiger partial charge in [-0.05, 0) is 18.1 Å². The molecule has 0 saturated heterocycles. The van der Waals surface area contributed by atoms with Crippen LogP contribution in [0.2, 0.25) is 0 Å². The van der Waals surface area contributed by atoms with E-state index in [0.717, 1.165) is 4.31 Å². The number of hydrogen-bond acceptors (Lipinski definition) is 3. The van der Waals surface area contributed by atoms with Crippen molar-refractivity contribution in [3.63, 3.8) is 0 Å². The van der Waals surface area contributed by atoms with Gasteiger partial charge in [0.25, 0.3) is 0 Å². The fourth-order valence-corrected chi connectivity index (χ4v) is 3.17. The van der Waals surface area contributed by atoms with E-state index in [1.165, 1.54) is 0 Å². The number of hydrogen-bond donors (Lipinski definition) is 2. The van der Waals surface area contributed by atoms with Crippen LogP contribution in [-0.4, -0.2) is 27.4 Å². The Hall–Kier alpha value is -1.60. The summed E-state index contributed by atoms with van der Waals surface area (Å²) in [6.07, 6.45) is 0. The number of nitrogens with one attached hydrogen (secondary N) is 2. The zero-order valence-corrected chi connectivity index (χ0v) is 11.7. The maximum absolute atomic E-state index is 12.2. The largest absolute Gasteiger partial charge is 0.323 e. The minimum atomic E-state index is -3.70. The molecule has 0 unspecified atom stereocenters. The van der Waals surface area contributed by atoms with Crippen molar-refractivity contribution in [3.8, 4) is 0 Å². The van der Waals surface area contributed by atoms with Crippen molar-refractivity contribution in [3.05, 3.63) is 24.3 Å². The molecule has 1 aromatic rings. The van der Waals surface area contributed by atoms with E-state index in [1.807, 2.05) is 13.8 Å². The van der Waals surface area contributed by atoms with Gasteiger partial charge in [-0.15, -0.1) is 0 Å². The number of amides is 1. The minimum absolute atomic E-state index is 0.198. The highest BCUT2D eigenvalue weighted by atomic mass is 32.2. The fraction of sp³-hybridized carbons (Fsp3) is 0.417. The van der Waals surface area contributed by atoms with Gasteiger partial charge in [-0.3, -0.25) is 4.79 Å². The van der Waals surface area contributed by atoms with Crippen molar-refractivity contribution in [1.29, 1.82) is 0 Å². The molecule has 1 aliphatic rings. The van der Waals surface area contributed by atoms with E-state index in [-0.39, 0.29) is 18.4 Å². The van der Waals surface area contributed by atoms with Gasteiger partial charge in [0.05, 0.1) is 11.4 Å². The molecule has 2 N–H and O–H groups in total. The lowest BCUT2D eigenvalue weighted by molar-refractivity contribution is -0.115. The molecule has 0 fully saturated rings. The number of rotatable bonds is 4. The third-order valence-corrected chi connectivity index (χ3v) is 4.14. The van der Waals surface area contributed by atoms with E-state index in [0.29, 0.717) is 17.9 Å². The maximum Gasteiger partial charge on any atom is 0.302 e. The second-order valence-corrected chi connectivity index (χ2v) is 6.50. The van der Waals surface area contributed by atoms with Gasteiger partial charge < -0.3 is 5.32 Å². The molecular weight excluding hydrogens is 266 g/mol. The fourth-order valence-electron chi connectivity index (χ4n) is 1.77. The normalized spacial score (nSPS) is 15.3. The summed E-state index contributed by atoms with van der Waals surface area (Å²) >= 11 is 0. The molecule has 0 bridgehead atoms. The second-order valence-electron chi connectivity index (χ2n) is 4.82. The summed E-state index contributed by atoms with van der Waals surface area (Å²) in [4.78, 5) is 11.6. The summed E-state index contributed by atoms with van der Waals surface area (Å²) in [6.45, 7) is 3.96. The standard InChI is InChI=1S/C12H17N3O3S/c1-9(2)7-13-19(17,18)15-8-12(16)14-10-5-3-4-6-11(10)15/h3-6,9,13H,7-8H2,1-2H3,(H,14,16). The van der Waals surface area contributed by atoms with Crippen molar-refractivity contribution >= 4 is 27.5 Å². The smallest absolute Gasteiger partial charge is 0.302 e. The minimum Gasteiger partial charge on any atom is -0.323 e. The number of nitrogens with zero attached hydrogens (tertiary/aromatic N) is 1. The van der Waals surface area contributed by atoms with Crippen LogP contribution < -0.4 is 14.3 Å². The quantitative estimate of drug-likeness (QED) is 0.863. The van der Waals surface area contributed by atoms with Crippen molar-refractivity contribution in [2.45, 2.75) is 13.8 Å². The average molecular weight is 283 g/mol. The topological polar surface area (TPSA) is 78.5 Å². The first kappa shape index (κ1) is 13.8. The van der Waals surface area contributed by atoms with Gasteiger partial charge >= 0.3 is 10.2 Å². The Balaban J connectivity index is 2.32. The predicted molar refractivity (Wildman–Crippen MR) is 74.2 cm³/mol. The van der Waals surface area contributed by atoms with E-state index in [1.54, 1.807) is 24.3 Å². The number of carbonyl (C=O) groups is 1. The molecule has 0 atom stereocenters. The molecular formula is C12H17N3O3S. The van der Waals surface area contributed by atoms with Crippen molar-refractivity contribution in [1.82, 2.24) is 4.72 Å². The average Bonchev–Trinajstić information content (AvgIpc) is 2.35. The third kappa shape index (κ3) is 3.05. The van der Waals surface area contributed by atoms with Crippen LogP contribution in [0.25, 0.3) is 0 Å². The van der Waals surface area contributed by atoms with Crippen molar-refractivity contribution in [2.75, 3.05) is 22.7 Å². The SMILES string of the molecule is CC(C)CNS(=O)(=O)N1CC(=O)Nc2ccccc21. The lowest BCUT2D eigenvalue weighted by Crippen LogP contribution is -2.48.